The van der Waals surface area contributed by atoms with E-state index >= 15 is 0 Å². The Bertz CT molecular complexity index is 933. The molecule has 0 aliphatic carbocycles. The maximum atomic E-state index is 12.6. The molecule has 1 unspecified atom stereocenters. The molecule has 1 atom stereocenters. The van der Waals surface area contributed by atoms with Crippen molar-refractivity contribution in [2.45, 2.75) is 11.8 Å². The third kappa shape index (κ3) is 2.95. The molecule has 3 rings (SSSR count). The summed E-state index contributed by atoms with van der Waals surface area (Å²) in [4.78, 5) is 0.537. The molecule has 110 valence electrons. The van der Waals surface area contributed by atoms with Gasteiger partial charge in [-0.05, 0) is 41.5 Å². The smallest absolute Gasteiger partial charge is 0.0943 e. The van der Waals surface area contributed by atoms with Gasteiger partial charge >= 0.3 is 0 Å². The zero-order chi connectivity index (χ0) is 15.6. The molecule has 0 spiro atoms. The van der Waals surface area contributed by atoms with Gasteiger partial charge in [-0.1, -0.05) is 60.2 Å². The van der Waals surface area contributed by atoms with E-state index in [9.17, 15) is 4.21 Å². The van der Waals surface area contributed by atoms with Crippen LogP contribution in [0.1, 0.15) is 11.1 Å². The Morgan fingerprint density at radius 3 is 2.36 bits per heavy atom. The van der Waals surface area contributed by atoms with Gasteiger partial charge in [0.15, 0.2) is 0 Å². The van der Waals surface area contributed by atoms with Crippen molar-refractivity contribution in [1.82, 2.24) is 0 Å². The first-order valence-electron chi connectivity index (χ1n) is 7.08. The fraction of sp³-hybridized carbons (Fsp3) is 0.0526. The third-order valence-corrected chi connectivity index (χ3v) is 5.13. The molecule has 0 amide bonds. The zero-order valence-electron chi connectivity index (χ0n) is 12.3. The second-order valence-corrected chi connectivity index (χ2v) is 7.23. The largest absolute Gasteiger partial charge is 0.245 e. The number of rotatable bonds is 3. The van der Waals surface area contributed by atoms with Crippen LogP contribution in [0.25, 0.3) is 16.8 Å². The van der Waals surface area contributed by atoms with Crippen molar-refractivity contribution in [2.75, 3.05) is 0 Å². The van der Waals surface area contributed by atoms with E-state index < -0.39 is 9.73 Å². The third-order valence-electron chi connectivity index (χ3n) is 3.63. The number of hydrogen-bond acceptors (Lipinski definition) is 2. The van der Waals surface area contributed by atoms with Gasteiger partial charge in [-0.15, -0.1) is 0 Å². The highest BCUT2D eigenvalue weighted by Crippen LogP contribution is 2.21. The molecule has 0 aromatic heterocycles. The maximum absolute atomic E-state index is 12.6. The highest BCUT2D eigenvalue weighted by atomic mass is 32.2. The number of nitrogens with one attached hydrogen (secondary N) is 1. The summed E-state index contributed by atoms with van der Waals surface area (Å²) in [6.07, 6.45) is 1.79. The lowest BCUT2D eigenvalue weighted by molar-refractivity contribution is 0.681. The van der Waals surface area contributed by atoms with Crippen LogP contribution in [0.2, 0.25) is 0 Å². The van der Waals surface area contributed by atoms with Gasteiger partial charge in [0.25, 0.3) is 0 Å². The van der Waals surface area contributed by atoms with Crippen LogP contribution >= 0.6 is 0 Å². The van der Waals surface area contributed by atoms with E-state index in [1.807, 2.05) is 61.5 Å². The predicted molar refractivity (Wildman–Crippen MR) is 93.3 cm³/mol. The predicted octanol–water partition coefficient (Wildman–Crippen LogP) is 5.22. The zero-order valence-corrected chi connectivity index (χ0v) is 13.1. The molecule has 3 aromatic carbocycles. The summed E-state index contributed by atoms with van der Waals surface area (Å²) in [7, 11) is -2.92. The summed E-state index contributed by atoms with van der Waals surface area (Å²) in [6.45, 7) is 1.97. The molecule has 0 bridgehead atoms. The van der Waals surface area contributed by atoms with E-state index in [-0.39, 0.29) is 0 Å². The van der Waals surface area contributed by atoms with Crippen molar-refractivity contribution in [3.8, 4) is 0 Å². The van der Waals surface area contributed by atoms with Gasteiger partial charge in [0, 0.05) is 5.41 Å². The van der Waals surface area contributed by atoms with E-state index in [0.29, 0.717) is 4.90 Å². The number of benzene rings is 3. The normalized spacial score (nSPS) is 14.2. The minimum atomic E-state index is -2.92. The molecule has 0 fully saturated rings. The molecule has 0 saturated carbocycles. The van der Waals surface area contributed by atoms with Crippen LogP contribution in [-0.4, -0.2) is 4.21 Å². The van der Waals surface area contributed by atoms with Gasteiger partial charge in [-0.2, -0.15) is 0 Å². The minimum Gasteiger partial charge on any atom is -0.245 e. The fourth-order valence-electron chi connectivity index (χ4n) is 2.38. The summed E-state index contributed by atoms with van der Waals surface area (Å²) in [5.41, 5.74) is 2.07. The van der Waals surface area contributed by atoms with Crippen LogP contribution in [0.4, 0.5) is 0 Å². The Kier molecular flexibility index (Phi) is 3.82. The molecule has 0 aliphatic rings. The van der Waals surface area contributed by atoms with Crippen molar-refractivity contribution < 1.29 is 4.21 Å². The molecule has 2 nitrogen and oxygen atoms in total. The molecule has 0 heterocycles. The van der Waals surface area contributed by atoms with Gasteiger partial charge in [0.2, 0.25) is 0 Å². The van der Waals surface area contributed by atoms with Crippen LogP contribution in [0, 0.1) is 11.7 Å². The first kappa shape index (κ1) is 14.5. The number of fused-ring (bicyclic) bond motifs is 1. The van der Waals surface area contributed by atoms with Crippen molar-refractivity contribution in [3.63, 3.8) is 0 Å². The lowest BCUT2D eigenvalue weighted by Gasteiger charge is -2.04. The molecule has 3 aromatic rings. The molecule has 0 radical (unpaired) electrons. The first-order valence-corrected chi connectivity index (χ1v) is 8.70. The molecule has 1 N–H and O–H groups in total. The molecule has 3 heteroatoms. The topological polar surface area (TPSA) is 40.9 Å². The summed E-state index contributed by atoms with van der Waals surface area (Å²) in [6, 6.07) is 21.3. The van der Waals surface area contributed by atoms with Crippen LogP contribution < -0.4 is 0 Å². The van der Waals surface area contributed by atoms with Gasteiger partial charge in [-0.25, -0.2) is 8.99 Å². The molecular formula is C19H17NOS. The monoisotopic (exact) mass is 307 g/mol. The van der Waals surface area contributed by atoms with Crippen LogP contribution in [0.3, 0.4) is 0 Å². The standard InChI is InChI=1S/C19H17NOS/c1-15-9-11-18(12-10-15)22(20,21)14-13-17-7-4-6-16-5-2-3-8-19(16)17/h2-14,20H,1H3/b14-13+. The Labute approximate surface area is 131 Å². The van der Waals surface area contributed by atoms with Gasteiger partial charge < -0.3 is 0 Å². The van der Waals surface area contributed by atoms with Crippen LogP contribution in [0.5, 0.6) is 0 Å². The first-order chi connectivity index (χ1) is 10.6. The average molecular weight is 307 g/mol. The molecular weight excluding hydrogens is 290 g/mol. The summed E-state index contributed by atoms with van der Waals surface area (Å²) < 4.78 is 20.7. The van der Waals surface area contributed by atoms with Gasteiger partial charge in [-0.3, -0.25) is 0 Å². The SMILES string of the molecule is Cc1ccc(S(=N)(=O)/C=C/c2cccc3ccccc23)cc1. The lowest BCUT2D eigenvalue weighted by Crippen LogP contribution is -1.93. The maximum Gasteiger partial charge on any atom is 0.0943 e. The Morgan fingerprint density at radius 1 is 0.909 bits per heavy atom. The fourth-order valence-corrected chi connectivity index (χ4v) is 3.42. The second-order valence-electron chi connectivity index (χ2n) is 5.28. The van der Waals surface area contributed by atoms with Crippen LogP contribution in [0.15, 0.2) is 77.0 Å². The summed E-state index contributed by atoms with van der Waals surface area (Å²) in [5, 5.41) is 3.73. The highest BCUT2D eigenvalue weighted by Gasteiger charge is 2.06. The molecule has 0 aliphatic heterocycles. The van der Waals surface area contributed by atoms with Crippen molar-refractivity contribution in [1.29, 1.82) is 4.78 Å². The molecule has 0 saturated heterocycles. The second kappa shape index (κ2) is 5.78. The Morgan fingerprint density at radius 2 is 1.59 bits per heavy atom. The van der Waals surface area contributed by atoms with E-state index in [0.717, 1.165) is 21.9 Å². The van der Waals surface area contributed by atoms with Crippen molar-refractivity contribution in [3.05, 3.63) is 83.3 Å². The summed E-state index contributed by atoms with van der Waals surface area (Å²) >= 11 is 0. The Hall–Kier alpha value is -2.39. The average Bonchev–Trinajstić information content (AvgIpc) is 2.53. The van der Waals surface area contributed by atoms with Crippen LogP contribution in [-0.2, 0) is 9.73 Å². The van der Waals surface area contributed by atoms with E-state index in [4.69, 9.17) is 4.78 Å². The lowest BCUT2D eigenvalue weighted by atomic mass is 10.1. The highest BCUT2D eigenvalue weighted by molar-refractivity contribution is 7.95. The van der Waals surface area contributed by atoms with E-state index in [1.54, 1.807) is 18.2 Å². The Balaban J connectivity index is 2.00. The van der Waals surface area contributed by atoms with Gasteiger partial charge in [0.05, 0.1) is 14.6 Å². The van der Waals surface area contributed by atoms with Crippen molar-refractivity contribution >= 4 is 26.6 Å². The van der Waals surface area contributed by atoms with Crippen molar-refractivity contribution in [2.24, 2.45) is 0 Å². The van der Waals surface area contributed by atoms with E-state index in [2.05, 4.69) is 0 Å². The summed E-state index contributed by atoms with van der Waals surface area (Å²) in [5.74, 6) is 0. The van der Waals surface area contributed by atoms with E-state index in [1.165, 1.54) is 5.41 Å². The quantitative estimate of drug-likeness (QED) is 0.707. The molecule has 22 heavy (non-hydrogen) atoms. The van der Waals surface area contributed by atoms with Gasteiger partial charge in [0.1, 0.15) is 0 Å². The minimum absolute atomic E-state index is 0.537. The number of hydrogen-bond donors (Lipinski definition) is 1. The number of aryl methyl sites for hydroxylation is 1.